The lowest BCUT2D eigenvalue weighted by molar-refractivity contribution is -0.168. The zero-order valence-electron chi connectivity index (χ0n) is 27.1. The van der Waals surface area contributed by atoms with Gasteiger partial charge >= 0.3 is 0 Å². The van der Waals surface area contributed by atoms with Crippen molar-refractivity contribution in [2.45, 2.75) is 51.7 Å². The number of ether oxygens (including phenoxy) is 4. The second-order valence-corrected chi connectivity index (χ2v) is 11.2. The molecule has 0 spiro atoms. The number of allylic oxidation sites excluding steroid dienone is 1. The Morgan fingerprint density at radius 3 is 2.49 bits per heavy atom. The third-order valence-corrected chi connectivity index (χ3v) is 7.93. The van der Waals surface area contributed by atoms with Crippen LogP contribution in [0, 0.1) is 5.92 Å². The Balaban J connectivity index is 1.46. The maximum atomic E-state index is 13.4. The van der Waals surface area contributed by atoms with E-state index in [1.54, 1.807) is 28.8 Å². The third-order valence-electron chi connectivity index (χ3n) is 7.93. The predicted molar refractivity (Wildman–Crippen MR) is 179 cm³/mol. The molecular weight excluding hydrogens is 604 g/mol. The molecule has 0 saturated heterocycles. The van der Waals surface area contributed by atoms with Gasteiger partial charge in [-0.15, -0.1) is 0 Å². The standard InChI is InChI=1S/C35H46N4O8/c1-3-46-35-26(15-18-44-20-21-45-19-17-40)27(28-23-39(24(2)41)31-13-7-4-10-25(28)31)22-32(47-35)34(43)37-16-9-8-14-33(42)38-30-12-6-5-11-29(30)36/h4-7,10-13,22-23,26-27,35,40H,3,8-9,14-21,36H2,1-2H3,(H,37,43)(H,38,42)/t26-,27+,35-/m0/s1. The van der Waals surface area contributed by atoms with E-state index in [0.29, 0.717) is 63.6 Å². The van der Waals surface area contributed by atoms with Crippen LogP contribution >= 0.6 is 0 Å². The molecule has 0 aliphatic carbocycles. The van der Waals surface area contributed by atoms with Crippen LogP contribution in [0.15, 0.2) is 66.6 Å². The summed E-state index contributed by atoms with van der Waals surface area (Å²) in [4.78, 5) is 38.3. The van der Waals surface area contributed by atoms with E-state index in [1.165, 1.54) is 6.92 Å². The van der Waals surface area contributed by atoms with E-state index < -0.39 is 6.29 Å². The van der Waals surface area contributed by atoms with Gasteiger partial charge in [-0.25, -0.2) is 0 Å². The molecule has 0 bridgehead atoms. The summed E-state index contributed by atoms with van der Waals surface area (Å²) < 4.78 is 25.0. The lowest BCUT2D eigenvalue weighted by Crippen LogP contribution is -2.39. The number of carbonyl (C=O) groups excluding carboxylic acids is 3. The topological polar surface area (TPSA) is 163 Å². The Morgan fingerprint density at radius 1 is 1.00 bits per heavy atom. The van der Waals surface area contributed by atoms with Crippen LogP contribution in [0.2, 0.25) is 0 Å². The van der Waals surface area contributed by atoms with Crippen LogP contribution in [0.3, 0.4) is 0 Å². The zero-order valence-corrected chi connectivity index (χ0v) is 27.1. The molecule has 254 valence electrons. The average Bonchev–Trinajstić information content (AvgIpc) is 3.45. The van der Waals surface area contributed by atoms with E-state index in [2.05, 4.69) is 10.6 Å². The molecule has 1 aliphatic rings. The highest BCUT2D eigenvalue weighted by atomic mass is 16.7. The number of aliphatic hydroxyl groups is 1. The maximum Gasteiger partial charge on any atom is 0.286 e. The molecule has 47 heavy (non-hydrogen) atoms. The summed E-state index contributed by atoms with van der Waals surface area (Å²) in [5.41, 5.74) is 8.65. The fraction of sp³-hybridized carbons (Fsp3) is 0.457. The Kier molecular flexibility index (Phi) is 13.8. The van der Waals surface area contributed by atoms with Gasteiger partial charge in [-0.05, 0) is 56.0 Å². The summed E-state index contributed by atoms with van der Waals surface area (Å²) >= 11 is 0. The van der Waals surface area contributed by atoms with E-state index >= 15 is 0 Å². The number of nitrogens with two attached hydrogens (primary N) is 1. The van der Waals surface area contributed by atoms with Gasteiger partial charge in [0, 0.05) is 56.5 Å². The van der Waals surface area contributed by atoms with Crippen molar-refractivity contribution >= 4 is 40.0 Å². The summed E-state index contributed by atoms with van der Waals surface area (Å²) in [6.07, 6.45) is 4.90. The van der Waals surface area contributed by atoms with Gasteiger partial charge in [0.25, 0.3) is 5.91 Å². The molecule has 5 N–H and O–H groups in total. The van der Waals surface area contributed by atoms with Crippen molar-refractivity contribution in [1.29, 1.82) is 0 Å². The minimum Gasteiger partial charge on any atom is -0.459 e. The fourth-order valence-corrected chi connectivity index (χ4v) is 5.66. The van der Waals surface area contributed by atoms with Crippen LogP contribution in [-0.2, 0) is 28.5 Å². The van der Waals surface area contributed by atoms with Gasteiger partial charge in [0.2, 0.25) is 18.1 Å². The van der Waals surface area contributed by atoms with Crippen LogP contribution in [-0.4, -0.2) is 79.9 Å². The van der Waals surface area contributed by atoms with E-state index in [0.717, 1.165) is 16.5 Å². The number of rotatable bonds is 18. The van der Waals surface area contributed by atoms with Crippen LogP contribution in [0.4, 0.5) is 11.4 Å². The Morgan fingerprint density at radius 2 is 1.74 bits per heavy atom. The molecule has 2 amide bonds. The van der Waals surface area contributed by atoms with E-state index in [-0.39, 0.29) is 55.0 Å². The van der Waals surface area contributed by atoms with Crippen molar-refractivity contribution in [1.82, 2.24) is 9.88 Å². The van der Waals surface area contributed by atoms with Gasteiger partial charge in [0.05, 0.1) is 43.3 Å². The molecule has 3 atom stereocenters. The first-order valence-electron chi connectivity index (χ1n) is 16.1. The highest BCUT2D eigenvalue weighted by Crippen LogP contribution is 2.42. The van der Waals surface area contributed by atoms with E-state index in [4.69, 9.17) is 29.8 Å². The number of aliphatic hydroxyl groups excluding tert-OH is 1. The van der Waals surface area contributed by atoms with Gasteiger partial charge in [0.15, 0.2) is 5.76 Å². The number of hydrogen-bond donors (Lipinski definition) is 4. The van der Waals surface area contributed by atoms with Crippen LogP contribution in [0.25, 0.3) is 10.9 Å². The van der Waals surface area contributed by atoms with Crippen molar-refractivity contribution in [3.8, 4) is 0 Å². The molecule has 2 aromatic carbocycles. The maximum absolute atomic E-state index is 13.4. The number of anilines is 2. The van der Waals surface area contributed by atoms with Crippen molar-refractivity contribution in [2.24, 2.45) is 5.92 Å². The Labute approximate surface area is 275 Å². The van der Waals surface area contributed by atoms with Gasteiger partial charge in [-0.2, -0.15) is 0 Å². The lowest BCUT2D eigenvalue weighted by atomic mass is 9.81. The molecule has 12 nitrogen and oxygen atoms in total. The molecule has 3 aromatic rings. The van der Waals surface area contributed by atoms with Crippen LogP contribution in [0.5, 0.6) is 0 Å². The number of benzene rings is 2. The Bertz CT molecular complexity index is 1520. The quantitative estimate of drug-likeness (QED) is 0.117. The SMILES string of the molecule is CCO[C@H]1OC(C(=O)NCCCCC(=O)Nc2ccccc2N)=C[C@@H](c2cn(C(C)=O)c3ccccc23)[C@@H]1CCOCCOCCO. The van der Waals surface area contributed by atoms with Crippen molar-refractivity contribution < 1.29 is 38.4 Å². The smallest absolute Gasteiger partial charge is 0.286 e. The van der Waals surface area contributed by atoms with Crippen LogP contribution in [0.1, 0.15) is 55.8 Å². The van der Waals surface area contributed by atoms with Crippen molar-refractivity contribution in [3.05, 3.63) is 72.1 Å². The number of fused-ring (bicyclic) bond motifs is 1. The lowest BCUT2D eigenvalue weighted by Gasteiger charge is -2.36. The predicted octanol–water partition coefficient (Wildman–Crippen LogP) is 4.20. The monoisotopic (exact) mass is 650 g/mol. The first kappa shape index (κ1) is 35.6. The van der Waals surface area contributed by atoms with Gasteiger partial charge in [-0.3, -0.25) is 19.0 Å². The average molecular weight is 651 g/mol. The largest absolute Gasteiger partial charge is 0.459 e. The number of nitrogen functional groups attached to an aromatic ring is 1. The molecule has 0 saturated carbocycles. The van der Waals surface area contributed by atoms with Crippen molar-refractivity contribution in [2.75, 3.05) is 57.2 Å². The molecular formula is C35H46N4O8. The number of amides is 2. The van der Waals surface area contributed by atoms with E-state index in [1.807, 2.05) is 43.5 Å². The molecule has 12 heteroatoms. The fourth-order valence-electron chi connectivity index (χ4n) is 5.66. The number of carbonyl (C=O) groups is 3. The summed E-state index contributed by atoms with van der Waals surface area (Å²) in [5.74, 6) is -1.06. The van der Waals surface area contributed by atoms with Crippen molar-refractivity contribution in [3.63, 3.8) is 0 Å². The highest BCUT2D eigenvalue weighted by Gasteiger charge is 2.39. The molecule has 4 rings (SSSR count). The summed E-state index contributed by atoms with van der Waals surface area (Å²) in [6.45, 7) is 5.43. The number of nitrogens with one attached hydrogen (secondary N) is 2. The molecule has 1 aromatic heterocycles. The molecule has 2 heterocycles. The summed E-state index contributed by atoms with van der Waals surface area (Å²) in [5, 5.41) is 15.5. The number of unbranched alkanes of at least 4 members (excludes halogenated alkanes) is 1. The number of para-hydroxylation sites is 3. The van der Waals surface area contributed by atoms with Gasteiger partial charge in [-0.1, -0.05) is 30.3 Å². The zero-order chi connectivity index (χ0) is 33.6. The number of nitrogens with zero attached hydrogens (tertiary/aromatic N) is 1. The van der Waals surface area contributed by atoms with Gasteiger partial charge < -0.3 is 40.4 Å². The minimum absolute atomic E-state index is 0.0465. The second-order valence-electron chi connectivity index (χ2n) is 11.2. The molecule has 0 radical (unpaired) electrons. The van der Waals surface area contributed by atoms with Crippen LogP contribution < -0.4 is 16.4 Å². The second kappa shape index (κ2) is 18.2. The number of aromatic nitrogens is 1. The van der Waals surface area contributed by atoms with E-state index in [9.17, 15) is 14.4 Å². The first-order valence-corrected chi connectivity index (χ1v) is 16.1. The summed E-state index contributed by atoms with van der Waals surface area (Å²) in [6, 6.07) is 14.8. The first-order chi connectivity index (χ1) is 22.8. The molecule has 0 fully saturated rings. The number of hydrogen-bond acceptors (Lipinski definition) is 9. The highest BCUT2D eigenvalue weighted by molar-refractivity contribution is 5.95. The molecule has 0 unspecified atom stereocenters. The molecule has 1 aliphatic heterocycles. The normalized spacial score (nSPS) is 17.6. The summed E-state index contributed by atoms with van der Waals surface area (Å²) in [7, 11) is 0. The third kappa shape index (κ3) is 9.88. The Hall–Kier alpha value is -4.23. The van der Waals surface area contributed by atoms with Gasteiger partial charge in [0.1, 0.15) is 0 Å². The minimum atomic E-state index is -0.737.